The summed E-state index contributed by atoms with van der Waals surface area (Å²) in [5, 5.41) is 3.39. The van der Waals surface area contributed by atoms with Gasteiger partial charge < -0.3 is 16.0 Å². The largest absolute Gasteiger partial charge is 0.366 e. The van der Waals surface area contributed by atoms with Gasteiger partial charge in [-0.3, -0.25) is 4.79 Å². The fourth-order valence-corrected chi connectivity index (χ4v) is 2.84. The Morgan fingerprint density at radius 3 is 2.54 bits per heavy atom. The molecule has 7 heteroatoms. The van der Waals surface area contributed by atoms with E-state index in [2.05, 4.69) is 10.3 Å². The summed E-state index contributed by atoms with van der Waals surface area (Å²) in [7, 11) is 3.88. The normalized spacial score (nSPS) is 16.5. The van der Waals surface area contributed by atoms with Gasteiger partial charge in [0.05, 0.1) is 5.69 Å². The van der Waals surface area contributed by atoms with Crippen molar-refractivity contribution < 1.29 is 4.79 Å². The van der Waals surface area contributed by atoms with Crippen LogP contribution in [0.15, 0.2) is 30.5 Å². The molecule has 1 amide bonds. The molecule has 1 unspecified atom stereocenters. The lowest BCUT2D eigenvalue weighted by Gasteiger charge is -2.18. The Bertz CT molecular complexity index is 711. The van der Waals surface area contributed by atoms with E-state index in [4.69, 9.17) is 10.7 Å². The number of halogens is 1. The van der Waals surface area contributed by atoms with Crippen LogP contribution in [0.4, 0.5) is 5.95 Å². The van der Waals surface area contributed by atoms with E-state index in [1.807, 2.05) is 37.3 Å². The zero-order chi connectivity index (χ0) is 16.4. The van der Waals surface area contributed by atoms with Crippen LogP contribution in [0.25, 0.3) is 11.1 Å². The zero-order valence-electron chi connectivity index (χ0n) is 13.8. The molecule has 6 nitrogen and oxygen atoms in total. The molecule has 0 saturated carbocycles. The minimum atomic E-state index is -0.420. The molecule has 0 radical (unpaired) electrons. The van der Waals surface area contributed by atoms with Crippen molar-refractivity contribution in [3.63, 3.8) is 0 Å². The van der Waals surface area contributed by atoms with Gasteiger partial charge in [0.15, 0.2) is 0 Å². The molecule has 1 aromatic heterocycles. The van der Waals surface area contributed by atoms with Crippen molar-refractivity contribution in [2.75, 3.05) is 32.1 Å². The molecule has 1 fully saturated rings. The van der Waals surface area contributed by atoms with Crippen molar-refractivity contribution in [3.05, 3.63) is 41.7 Å². The van der Waals surface area contributed by atoms with E-state index in [1.54, 1.807) is 12.1 Å². The quantitative estimate of drug-likeness (QED) is 0.881. The monoisotopic (exact) mass is 347 g/mol. The van der Waals surface area contributed by atoms with E-state index in [-0.39, 0.29) is 12.4 Å². The van der Waals surface area contributed by atoms with Crippen LogP contribution in [-0.4, -0.2) is 43.1 Å². The highest BCUT2D eigenvalue weighted by Crippen LogP contribution is 2.31. The van der Waals surface area contributed by atoms with Crippen LogP contribution >= 0.6 is 12.4 Å². The van der Waals surface area contributed by atoms with Crippen LogP contribution in [0, 0.1) is 0 Å². The maximum absolute atomic E-state index is 11.2. The summed E-state index contributed by atoms with van der Waals surface area (Å²) in [6.45, 7) is 1.93. The second-order valence-corrected chi connectivity index (χ2v) is 5.99. The molecule has 2 heterocycles. The number of primary amides is 1. The van der Waals surface area contributed by atoms with E-state index in [9.17, 15) is 4.79 Å². The maximum Gasteiger partial charge on any atom is 0.248 e. The molecule has 1 aliphatic rings. The van der Waals surface area contributed by atoms with E-state index < -0.39 is 5.91 Å². The lowest BCUT2D eigenvalue weighted by atomic mass is 9.95. The third kappa shape index (κ3) is 3.66. The van der Waals surface area contributed by atoms with Crippen molar-refractivity contribution in [1.29, 1.82) is 0 Å². The molecule has 3 rings (SSSR count). The van der Waals surface area contributed by atoms with Gasteiger partial charge in [-0.05, 0) is 30.7 Å². The number of benzene rings is 1. The molecule has 1 atom stereocenters. The van der Waals surface area contributed by atoms with Crippen LogP contribution in [0.2, 0.25) is 0 Å². The number of carbonyl (C=O) groups is 1. The standard InChI is InChI=1S/C17H21N5O.ClH/c1-22(2)17-20-10-14(15(21-17)13-7-8-19-9-13)11-3-5-12(6-4-11)16(18)23;/h3-6,10,13,19H,7-9H2,1-2H3,(H2,18,23);1H. The predicted molar refractivity (Wildman–Crippen MR) is 97.8 cm³/mol. The molecule has 24 heavy (non-hydrogen) atoms. The molecule has 1 aromatic carbocycles. The SMILES string of the molecule is CN(C)c1ncc(-c2ccc(C(N)=O)cc2)c(C2CCNC2)n1.Cl. The Morgan fingerprint density at radius 2 is 2.00 bits per heavy atom. The first kappa shape index (κ1) is 18.2. The molecular weight excluding hydrogens is 326 g/mol. The van der Waals surface area contributed by atoms with Crippen LogP contribution in [0.1, 0.15) is 28.4 Å². The van der Waals surface area contributed by atoms with Crippen LogP contribution in [0.5, 0.6) is 0 Å². The number of rotatable bonds is 4. The minimum Gasteiger partial charge on any atom is -0.366 e. The first-order valence-electron chi connectivity index (χ1n) is 7.71. The first-order valence-corrected chi connectivity index (χ1v) is 7.71. The van der Waals surface area contributed by atoms with E-state index in [1.165, 1.54) is 0 Å². The number of anilines is 1. The predicted octanol–water partition coefficient (Wildman–Crippen LogP) is 1.81. The van der Waals surface area contributed by atoms with Gasteiger partial charge in [-0.2, -0.15) is 0 Å². The number of nitrogens with zero attached hydrogens (tertiary/aromatic N) is 3. The van der Waals surface area contributed by atoms with Crippen LogP contribution in [0.3, 0.4) is 0 Å². The van der Waals surface area contributed by atoms with Crippen molar-refractivity contribution in [1.82, 2.24) is 15.3 Å². The number of hydrogen-bond donors (Lipinski definition) is 2. The second-order valence-electron chi connectivity index (χ2n) is 5.99. The van der Waals surface area contributed by atoms with Gasteiger partial charge in [0.2, 0.25) is 11.9 Å². The molecular formula is C17H22ClN5O. The highest BCUT2D eigenvalue weighted by Gasteiger charge is 2.23. The first-order chi connectivity index (χ1) is 11.1. The number of amides is 1. The molecule has 2 aromatic rings. The summed E-state index contributed by atoms with van der Waals surface area (Å²) in [6, 6.07) is 7.29. The van der Waals surface area contributed by atoms with Crippen molar-refractivity contribution in [2.45, 2.75) is 12.3 Å². The number of nitrogens with two attached hydrogens (primary N) is 1. The van der Waals surface area contributed by atoms with Gasteiger partial charge in [0.25, 0.3) is 0 Å². The van der Waals surface area contributed by atoms with Crippen molar-refractivity contribution in [2.24, 2.45) is 5.73 Å². The van der Waals surface area contributed by atoms with Gasteiger partial charge in [-0.15, -0.1) is 12.4 Å². The molecule has 0 bridgehead atoms. The number of carbonyl (C=O) groups excluding carboxylic acids is 1. The fraction of sp³-hybridized carbons (Fsp3) is 0.353. The van der Waals surface area contributed by atoms with Gasteiger partial charge in [-0.25, -0.2) is 9.97 Å². The van der Waals surface area contributed by atoms with E-state index in [0.717, 1.165) is 36.3 Å². The smallest absolute Gasteiger partial charge is 0.248 e. The van der Waals surface area contributed by atoms with E-state index >= 15 is 0 Å². The number of nitrogens with one attached hydrogen (secondary N) is 1. The molecule has 3 N–H and O–H groups in total. The minimum absolute atomic E-state index is 0. The van der Waals surface area contributed by atoms with Crippen molar-refractivity contribution in [3.8, 4) is 11.1 Å². The van der Waals surface area contributed by atoms with Crippen LogP contribution in [-0.2, 0) is 0 Å². The Kier molecular flexibility index (Phi) is 5.75. The lowest BCUT2D eigenvalue weighted by Crippen LogP contribution is -2.16. The average Bonchev–Trinajstić information content (AvgIpc) is 3.08. The molecule has 1 saturated heterocycles. The van der Waals surface area contributed by atoms with Gasteiger partial charge in [0, 0.05) is 43.9 Å². The lowest BCUT2D eigenvalue weighted by molar-refractivity contribution is 0.100. The summed E-state index contributed by atoms with van der Waals surface area (Å²) < 4.78 is 0. The summed E-state index contributed by atoms with van der Waals surface area (Å²) in [4.78, 5) is 22.4. The van der Waals surface area contributed by atoms with Crippen LogP contribution < -0.4 is 16.0 Å². The summed E-state index contributed by atoms with van der Waals surface area (Å²) in [6.07, 6.45) is 2.94. The third-order valence-electron chi connectivity index (χ3n) is 4.13. The summed E-state index contributed by atoms with van der Waals surface area (Å²) >= 11 is 0. The van der Waals surface area contributed by atoms with Gasteiger partial charge in [0.1, 0.15) is 0 Å². The Labute approximate surface area is 147 Å². The highest BCUT2D eigenvalue weighted by molar-refractivity contribution is 5.93. The molecule has 128 valence electrons. The zero-order valence-corrected chi connectivity index (χ0v) is 14.6. The average molecular weight is 348 g/mol. The summed E-state index contributed by atoms with van der Waals surface area (Å²) in [5.41, 5.74) is 8.88. The number of aromatic nitrogens is 2. The third-order valence-corrected chi connectivity index (χ3v) is 4.13. The Morgan fingerprint density at radius 1 is 1.29 bits per heavy atom. The molecule has 0 aliphatic carbocycles. The second kappa shape index (κ2) is 7.59. The topological polar surface area (TPSA) is 84.1 Å². The Balaban J connectivity index is 0.00000208. The summed E-state index contributed by atoms with van der Waals surface area (Å²) in [5.74, 6) is 0.669. The highest BCUT2D eigenvalue weighted by atomic mass is 35.5. The molecule has 0 spiro atoms. The Hall–Kier alpha value is -2.18. The maximum atomic E-state index is 11.2. The molecule has 1 aliphatic heterocycles. The fourth-order valence-electron chi connectivity index (χ4n) is 2.84. The van der Waals surface area contributed by atoms with Gasteiger partial charge in [-0.1, -0.05) is 12.1 Å². The van der Waals surface area contributed by atoms with E-state index in [0.29, 0.717) is 17.4 Å². The number of hydrogen-bond acceptors (Lipinski definition) is 5. The van der Waals surface area contributed by atoms with Crippen molar-refractivity contribution >= 4 is 24.3 Å². The van der Waals surface area contributed by atoms with Gasteiger partial charge >= 0.3 is 0 Å².